The second kappa shape index (κ2) is 14.4. The molecule has 3 aromatic rings. The number of thiophene rings is 1. The van der Waals surface area contributed by atoms with E-state index >= 15 is 0 Å². The van der Waals surface area contributed by atoms with Crippen LogP contribution in [0.2, 0.25) is 0 Å². The molecule has 0 saturated carbocycles. The van der Waals surface area contributed by atoms with Gasteiger partial charge in [0.05, 0.1) is 13.1 Å². The topological polar surface area (TPSA) is 59.1 Å². The number of halogens is 1. The van der Waals surface area contributed by atoms with Gasteiger partial charge in [-0.15, -0.1) is 11.3 Å². The molecule has 6 nitrogen and oxygen atoms in total. The molecule has 0 N–H and O–H groups in total. The summed E-state index contributed by atoms with van der Waals surface area (Å²) in [5, 5.41) is 2.00. The number of para-hydroxylation sites is 1. The van der Waals surface area contributed by atoms with Gasteiger partial charge in [-0.3, -0.25) is 9.59 Å². The van der Waals surface area contributed by atoms with Crippen molar-refractivity contribution >= 4 is 23.2 Å². The molecule has 0 atom stereocenters. The van der Waals surface area contributed by atoms with Crippen molar-refractivity contribution in [3.63, 3.8) is 0 Å². The maximum absolute atomic E-state index is 13.5. The van der Waals surface area contributed by atoms with Gasteiger partial charge in [-0.25, -0.2) is 4.39 Å². The Kier molecular flexibility index (Phi) is 10.9. The van der Waals surface area contributed by atoms with Crippen molar-refractivity contribution < 1.29 is 23.5 Å². The van der Waals surface area contributed by atoms with E-state index in [1.165, 1.54) is 17.0 Å². The number of amides is 2. The molecule has 0 aliphatic rings. The Labute approximate surface area is 216 Å². The van der Waals surface area contributed by atoms with Crippen LogP contribution in [0.1, 0.15) is 29.3 Å². The van der Waals surface area contributed by atoms with E-state index in [-0.39, 0.29) is 30.8 Å². The average molecular weight is 513 g/mol. The van der Waals surface area contributed by atoms with E-state index in [4.69, 9.17) is 9.47 Å². The Balaban J connectivity index is 1.72. The van der Waals surface area contributed by atoms with Crippen molar-refractivity contribution in [2.75, 3.05) is 32.9 Å². The summed E-state index contributed by atoms with van der Waals surface area (Å²) in [7, 11) is 0. The first-order valence-corrected chi connectivity index (χ1v) is 12.9. The molecular weight excluding hydrogens is 479 g/mol. The van der Waals surface area contributed by atoms with Crippen LogP contribution >= 0.6 is 11.3 Å². The molecule has 0 spiro atoms. The summed E-state index contributed by atoms with van der Waals surface area (Å²) in [5.41, 5.74) is 1.93. The molecule has 0 aliphatic heterocycles. The van der Waals surface area contributed by atoms with Crippen LogP contribution < -0.4 is 4.74 Å². The fourth-order valence-electron chi connectivity index (χ4n) is 3.59. The normalized spacial score (nSPS) is 10.8. The van der Waals surface area contributed by atoms with E-state index in [0.717, 1.165) is 16.0 Å². The van der Waals surface area contributed by atoms with Crippen LogP contribution in [0.5, 0.6) is 5.75 Å². The zero-order valence-corrected chi connectivity index (χ0v) is 21.6. The number of hydrogen-bond donors (Lipinski definition) is 0. The van der Waals surface area contributed by atoms with Gasteiger partial charge in [0.1, 0.15) is 11.6 Å². The molecule has 8 heteroatoms. The van der Waals surface area contributed by atoms with E-state index in [1.54, 1.807) is 40.5 Å². The molecule has 0 aliphatic carbocycles. The average Bonchev–Trinajstić information content (AvgIpc) is 3.29. The molecule has 36 heavy (non-hydrogen) atoms. The minimum atomic E-state index is -0.324. The molecule has 0 radical (unpaired) electrons. The van der Waals surface area contributed by atoms with E-state index < -0.39 is 0 Å². The van der Waals surface area contributed by atoms with Crippen LogP contribution in [-0.4, -0.2) is 54.5 Å². The Morgan fingerprint density at radius 3 is 2.36 bits per heavy atom. The summed E-state index contributed by atoms with van der Waals surface area (Å²) >= 11 is 1.59. The molecule has 192 valence electrons. The van der Waals surface area contributed by atoms with Crippen molar-refractivity contribution in [2.24, 2.45) is 0 Å². The zero-order valence-electron chi connectivity index (χ0n) is 20.8. The maximum atomic E-state index is 13.5. The van der Waals surface area contributed by atoms with Gasteiger partial charge in [-0.05, 0) is 67.1 Å². The highest BCUT2D eigenvalue weighted by Gasteiger charge is 2.23. The number of carbonyl (C=O) groups is 2. The number of nitrogens with zero attached hydrogens (tertiary/aromatic N) is 2. The quantitative estimate of drug-likeness (QED) is 0.284. The minimum Gasteiger partial charge on any atom is -0.484 e. The predicted molar refractivity (Wildman–Crippen MR) is 139 cm³/mol. The summed E-state index contributed by atoms with van der Waals surface area (Å²) in [4.78, 5) is 30.9. The molecule has 0 saturated heterocycles. The number of aryl methyl sites for hydroxylation is 1. The fourth-order valence-corrected chi connectivity index (χ4v) is 4.51. The number of carbonyl (C=O) groups excluding carboxylic acids is 2. The van der Waals surface area contributed by atoms with Crippen LogP contribution in [-0.2, 0) is 27.4 Å². The second-order valence-electron chi connectivity index (χ2n) is 8.37. The Hall–Kier alpha value is -3.23. The highest BCUT2D eigenvalue weighted by molar-refractivity contribution is 7.10. The van der Waals surface area contributed by atoms with Crippen molar-refractivity contribution in [3.05, 3.63) is 87.9 Å². The number of benzene rings is 2. The number of ether oxygens (including phenoxy) is 2. The lowest BCUT2D eigenvalue weighted by Gasteiger charge is -2.28. The van der Waals surface area contributed by atoms with Gasteiger partial charge in [-0.1, -0.05) is 30.3 Å². The summed E-state index contributed by atoms with van der Waals surface area (Å²) < 4.78 is 24.5. The fraction of sp³-hybridized carbons (Fsp3) is 0.357. The molecule has 0 unspecified atom stereocenters. The highest BCUT2D eigenvalue weighted by atomic mass is 32.1. The van der Waals surface area contributed by atoms with E-state index in [0.29, 0.717) is 45.0 Å². The molecular formula is C28H33FN2O4S. The third-order valence-electron chi connectivity index (χ3n) is 5.65. The van der Waals surface area contributed by atoms with Crippen LogP contribution in [0, 0.1) is 12.7 Å². The predicted octanol–water partition coefficient (Wildman–Crippen LogP) is 5.06. The maximum Gasteiger partial charge on any atom is 0.260 e. The highest BCUT2D eigenvalue weighted by Crippen LogP contribution is 2.20. The van der Waals surface area contributed by atoms with Crippen molar-refractivity contribution in [2.45, 2.75) is 33.4 Å². The van der Waals surface area contributed by atoms with E-state index in [2.05, 4.69) is 0 Å². The van der Waals surface area contributed by atoms with Crippen LogP contribution in [0.4, 0.5) is 4.39 Å². The Morgan fingerprint density at radius 2 is 1.69 bits per heavy atom. The van der Waals surface area contributed by atoms with Crippen LogP contribution in [0.3, 0.4) is 0 Å². The molecule has 2 aromatic carbocycles. The third kappa shape index (κ3) is 8.77. The standard InChI is InChI=1S/C28H33FN2O4S/c1-3-34-16-7-15-30(28(33)21-35-25-8-5-4-6-9-25)20-27(32)31(19-26-22(2)14-17-36-26)18-23-10-12-24(29)13-11-23/h4-6,8-14,17H,3,7,15-16,18-21H2,1-2H3. The first-order chi connectivity index (χ1) is 17.5. The molecule has 0 fully saturated rings. The first-order valence-electron chi connectivity index (χ1n) is 12.0. The molecule has 2 amide bonds. The van der Waals surface area contributed by atoms with Gasteiger partial charge in [-0.2, -0.15) is 0 Å². The first kappa shape index (κ1) is 27.4. The monoisotopic (exact) mass is 512 g/mol. The summed E-state index contributed by atoms with van der Waals surface area (Å²) in [6.45, 7) is 5.90. The summed E-state index contributed by atoms with van der Waals surface area (Å²) in [6, 6.07) is 17.3. The third-order valence-corrected chi connectivity index (χ3v) is 6.65. The smallest absolute Gasteiger partial charge is 0.260 e. The SMILES string of the molecule is CCOCCCN(CC(=O)N(Cc1ccc(F)cc1)Cc1sccc1C)C(=O)COc1ccccc1. The lowest BCUT2D eigenvalue weighted by atomic mass is 10.2. The van der Waals surface area contributed by atoms with E-state index in [1.807, 2.05) is 43.5 Å². The summed E-state index contributed by atoms with van der Waals surface area (Å²) in [6.07, 6.45) is 0.611. The van der Waals surface area contributed by atoms with Gasteiger partial charge in [0, 0.05) is 31.2 Å². The van der Waals surface area contributed by atoms with Crippen LogP contribution in [0.25, 0.3) is 0 Å². The van der Waals surface area contributed by atoms with Crippen molar-refractivity contribution in [1.82, 2.24) is 9.80 Å². The van der Waals surface area contributed by atoms with Gasteiger partial charge in [0.25, 0.3) is 5.91 Å². The number of rotatable bonds is 14. The minimum absolute atomic E-state index is 0.0747. The lowest BCUT2D eigenvalue weighted by Crippen LogP contribution is -2.44. The number of hydrogen-bond acceptors (Lipinski definition) is 5. The summed E-state index contributed by atoms with van der Waals surface area (Å²) in [5.74, 6) is -0.179. The van der Waals surface area contributed by atoms with Gasteiger partial charge in [0.15, 0.2) is 6.61 Å². The molecule has 1 aromatic heterocycles. The van der Waals surface area contributed by atoms with Crippen molar-refractivity contribution in [3.8, 4) is 5.75 Å². The Bertz CT molecular complexity index is 1090. The van der Waals surface area contributed by atoms with Gasteiger partial charge >= 0.3 is 0 Å². The molecule has 1 heterocycles. The second-order valence-corrected chi connectivity index (χ2v) is 9.37. The lowest BCUT2D eigenvalue weighted by molar-refractivity contribution is -0.142. The largest absolute Gasteiger partial charge is 0.484 e. The molecule has 3 rings (SSSR count). The molecule has 0 bridgehead atoms. The van der Waals surface area contributed by atoms with E-state index in [9.17, 15) is 14.0 Å². The van der Waals surface area contributed by atoms with Crippen molar-refractivity contribution in [1.29, 1.82) is 0 Å². The van der Waals surface area contributed by atoms with Gasteiger partial charge in [0.2, 0.25) is 5.91 Å². The zero-order chi connectivity index (χ0) is 25.8. The van der Waals surface area contributed by atoms with Gasteiger partial charge < -0.3 is 19.3 Å². The van der Waals surface area contributed by atoms with Crippen LogP contribution in [0.15, 0.2) is 66.0 Å². The Morgan fingerprint density at radius 1 is 0.944 bits per heavy atom.